The van der Waals surface area contributed by atoms with E-state index >= 15 is 4.39 Å². The lowest BCUT2D eigenvalue weighted by Gasteiger charge is -2.38. The molecule has 0 aromatic carbocycles. The van der Waals surface area contributed by atoms with E-state index in [9.17, 15) is 9.59 Å². The highest BCUT2D eigenvalue weighted by atomic mass is 79.9. The van der Waals surface area contributed by atoms with Gasteiger partial charge in [-0.15, -0.1) is 0 Å². The van der Waals surface area contributed by atoms with Crippen LogP contribution in [0, 0.1) is 11.9 Å². The standard InChI is InChI=1S/C25H38BrFN4O4SSi/c1-23(2,3)35-22(33)31(15-34-10-11-37(7,8)9)21-29-24(4,17-12-16(26)14-28-19(17)27)18-13-25(18,36-21)20(32)30(5)6/h12,14,18H,10-11,13,15H2,1-9H3/t18-,24+,25-/m0/s1. The average Bonchev–Trinajstić information content (AvgIpc) is 3.49. The molecule has 1 aliphatic heterocycles. The molecule has 206 valence electrons. The third kappa shape index (κ3) is 6.74. The van der Waals surface area contributed by atoms with E-state index < -0.39 is 36.0 Å². The van der Waals surface area contributed by atoms with Gasteiger partial charge in [0.15, 0.2) is 5.17 Å². The van der Waals surface area contributed by atoms with Gasteiger partial charge in [-0.2, -0.15) is 4.39 Å². The fourth-order valence-corrected chi connectivity index (χ4v) is 7.09. The lowest BCUT2D eigenvalue weighted by atomic mass is 9.86. The molecule has 37 heavy (non-hydrogen) atoms. The molecular weight excluding hydrogens is 579 g/mol. The number of nitrogens with zero attached hydrogens (tertiary/aromatic N) is 4. The Balaban J connectivity index is 2.07. The summed E-state index contributed by atoms with van der Waals surface area (Å²) in [6.07, 6.45) is 1.24. The van der Waals surface area contributed by atoms with Gasteiger partial charge in [-0.1, -0.05) is 31.4 Å². The van der Waals surface area contributed by atoms with Crippen LogP contribution in [0.4, 0.5) is 9.18 Å². The van der Waals surface area contributed by atoms with Crippen molar-refractivity contribution in [1.29, 1.82) is 0 Å². The van der Waals surface area contributed by atoms with E-state index in [-0.39, 0.29) is 29.3 Å². The molecule has 1 aliphatic carbocycles. The summed E-state index contributed by atoms with van der Waals surface area (Å²) in [7, 11) is 2.04. The van der Waals surface area contributed by atoms with Crippen molar-refractivity contribution < 1.29 is 23.5 Å². The van der Waals surface area contributed by atoms with Gasteiger partial charge in [-0.25, -0.2) is 14.7 Å². The van der Waals surface area contributed by atoms with E-state index in [0.29, 0.717) is 17.5 Å². The molecule has 1 fully saturated rings. The van der Waals surface area contributed by atoms with Crippen LogP contribution in [0.3, 0.4) is 0 Å². The minimum absolute atomic E-state index is 0.0859. The molecule has 0 spiro atoms. The number of carbonyl (C=O) groups is 2. The minimum Gasteiger partial charge on any atom is -0.443 e. The lowest BCUT2D eigenvalue weighted by molar-refractivity contribution is -0.129. The van der Waals surface area contributed by atoms with Gasteiger partial charge in [0, 0.05) is 50.9 Å². The number of hydrogen-bond acceptors (Lipinski definition) is 7. The number of carbonyl (C=O) groups excluding carboxylic acids is 2. The van der Waals surface area contributed by atoms with Crippen LogP contribution in [0.25, 0.3) is 0 Å². The second-order valence-electron chi connectivity index (χ2n) is 12.2. The van der Waals surface area contributed by atoms with Crippen LogP contribution in [0.2, 0.25) is 25.7 Å². The van der Waals surface area contributed by atoms with Gasteiger partial charge < -0.3 is 14.4 Å². The van der Waals surface area contributed by atoms with Crippen LogP contribution in [-0.4, -0.2) is 77.8 Å². The van der Waals surface area contributed by atoms with Crippen molar-refractivity contribution in [3.05, 3.63) is 28.2 Å². The highest BCUT2D eigenvalue weighted by Crippen LogP contribution is 2.67. The predicted molar refractivity (Wildman–Crippen MR) is 151 cm³/mol. The summed E-state index contributed by atoms with van der Waals surface area (Å²) in [5.41, 5.74) is -1.62. The molecule has 0 bridgehead atoms. The number of halogens is 2. The number of pyridine rings is 1. The van der Waals surface area contributed by atoms with Gasteiger partial charge in [0.25, 0.3) is 0 Å². The topological polar surface area (TPSA) is 84.3 Å². The Hall–Kier alpha value is -1.50. The first kappa shape index (κ1) is 30.0. The number of aliphatic imine (C=N–C) groups is 1. The third-order valence-corrected chi connectivity index (χ3v) is 9.99. The zero-order valence-corrected chi connectivity index (χ0v) is 26.5. The number of rotatable bonds is 7. The first-order valence-electron chi connectivity index (χ1n) is 12.3. The number of hydrogen-bond donors (Lipinski definition) is 0. The number of amidine groups is 1. The van der Waals surface area contributed by atoms with Crippen molar-refractivity contribution in [2.45, 2.75) is 75.7 Å². The van der Waals surface area contributed by atoms with Crippen molar-refractivity contribution in [3.8, 4) is 0 Å². The summed E-state index contributed by atoms with van der Waals surface area (Å²) in [5, 5.41) is 0.271. The molecule has 0 unspecified atom stereocenters. The monoisotopic (exact) mass is 616 g/mol. The van der Waals surface area contributed by atoms with Crippen LogP contribution >= 0.6 is 27.7 Å². The highest BCUT2D eigenvalue weighted by Gasteiger charge is 2.71. The molecule has 0 N–H and O–H groups in total. The van der Waals surface area contributed by atoms with Gasteiger partial charge in [0.05, 0.1) is 5.54 Å². The van der Waals surface area contributed by atoms with Crippen LogP contribution < -0.4 is 0 Å². The molecule has 1 aromatic rings. The van der Waals surface area contributed by atoms with E-state index in [4.69, 9.17) is 14.5 Å². The van der Waals surface area contributed by atoms with Crippen LogP contribution in [0.15, 0.2) is 21.7 Å². The fourth-order valence-electron chi connectivity index (χ4n) is 4.31. The van der Waals surface area contributed by atoms with Crippen molar-refractivity contribution in [1.82, 2.24) is 14.8 Å². The quantitative estimate of drug-likeness (QED) is 0.169. The maximum Gasteiger partial charge on any atom is 0.418 e. The summed E-state index contributed by atoms with van der Waals surface area (Å²) >= 11 is 4.62. The lowest BCUT2D eigenvalue weighted by Crippen LogP contribution is -2.48. The van der Waals surface area contributed by atoms with Crippen LogP contribution in [0.5, 0.6) is 0 Å². The molecule has 0 saturated heterocycles. The molecule has 1 saturated carbocycles. The number of ether oxygens (including phenoxy) is 2. The molecule has 12 heteroatoms. The maximum atomic E-state index is 15.1. The summed E-state index contributed by atoms with van der Waals surface area (Å²) in [5.74, 6) is -1.04. The first-order chi connectivity index (χ1) is 16.9. The van der Waals surface area contributed by atoms with E-state index in [0.717, 1.165) is 6.04 Å². The molecule has 2 aliphatic rings. The maximum absolute atomic E-state index is 15.1. The normalized spacial score (nSPS) is 25.2. The Labute approximate surface area is 232 Å². The van der Waals surface area contributed by atoms with E-state index in [1.807, 2.05) is 0 Å². The average molecular weight is 618 g/mol. The van der Waals surface area contributed by atoms with Crippen molar-refractivity contribution in [3.63, 3.8) is 0 Å². The first-order valence-corrected chi connectivity index (χ1v) is 17.6. The van der Waals surface area contributed by atoms with Gasteiger partial charge in [0.1, 0.15) is 17.1 Å². The van der Waals surface area contributed by atoms with Crippen LogP contribution in [0.1, 0.15) is 39.7 Å². The third-order valence-electron chi connectivity index (χ3n) is 6.37. The largest absolute Gasteiger partial charge is 0.443 e. The second kappa shape index (κ2) is 10.6. The summed E-state index contributed by atoms with van der Waals surface area (Å²) in [6.45, 7) is 14.3. The fraction of sp³-hybridized carbons (Fsp3) is 0.680. The molecule has 2 amide bonds. The molecule has 8 nitrogen and oxygen atoms in total. The van der Waals surface area contributed by atoms with E-state index in [2.05, 4.69) is 40.6 Å². The molecule has 3 rings (SSSR count). The smallest absolute Gasteiger partial charge is 0.418 e. The SMILES string of the molecule is CN(C)C(=O)[C@]12C[C@H]1[C@@](C)(c1cc(Br)cnc1F)N=C(N(COCC[Si](C)(C)C)C(=O)OC(C)(C)C)S2. The van der Waals surface area contributed by atoms with Crippen molar-refractivity contribution in [2.24, 2.45) is 10.9 Å². The number of thioether (sulfide) groups is 1. The molecule has 2 heterocycles. The highest BCUT2D eigenvalue weighted by molar-refractivity contribution is 9.10. The Bertz CT molecular complexity index is 1090. The summed E-state index contributed by atoms with van der Waals surface area (Å²) in [4.78, 5) is 38.5. The van der Waals surface area contributed by atoms with E-state index in [1.54, 1.807) is 47.9 Å². The Kier molecular flexibility index (Phi) is 8.59. The van der Waals surface area contributed by atoms with Crippen molar-refractivity contribution >= 4 is 52.9 Å². The predicted octanol–water partition coefficient (Wildman–Crippen LogP) is 5.70. The number of aromatic nitrogens is 1. The van der Waals surface area contributed by atoms with Gasteiger partial charge in [-0.05, 0) is 62.2 Å². The Morgan fingerprint density at radius 3 is 2.51 bits per heavy atom. The summed E-state index contributed by atoms with van der Waals surface area (Å²) < 4.78 is 26.5. The molecule has 0 radical (unpaired) electrons. The van der Waals surface area contributed by atoms with Gasteiger partial charge >= 0.3 is 6.09 Å². The van der Waals surface area contributed by atoms with Crippen molar-refractivity contribution in [2.75, 3.05) is 27.4 Å². The van der Waals surface area contributed by atoms with E-state index in [1.165, 1.54) is 27.8 Å². The van der Waals surface area contributed by atoms with Crippen LogP contribution in [-0.2, 0) is 19.8 Å². The Morgan fingerprint density at radius 2 is 1.95 bits per heavy atom. The zero-order valence-electron chi connectivity index (χ0n) is 23.1. The minimum atomic E-state index is -1.36. The second-order valence-corrected chi connectivity index (χ2v) is 20.1. The number of fused-ring (bicyclic) bond motifs is 1. The zero-order chi connectivity index (χ0) is 28.0. The molecular formula is C25H38BrFN4O4SSi. The molecule has 1 aromatic heterocycles. The van der Waals surface area contributed by atoms with Gasteiger partial charge in [0.2, 0.25) is 11.9 Å². The van der Waals surface area contributed by atoms with Gasteiger partial charge in [-0.3, -0.25) is 9.79 Å². The number of amides is 2. The molecule has 3 atom stereocenters. The summed E-state index contributed by atoms with van der Waals surface area (Å²) in [6, 6.07) is 2.57. The Morgan fingerprint density at radius 1 is 1.30 bits per heavy atom.